The molecule has 0 unspecified atom stereocenters. The summed E-state index contributed by atoms with van der Waals surface area (Å²) in [5.74, 6) is 0.992. The molecule has 0 saturated carbocycles. The molecule has 1 aliphatic rings. The summed E-state index contributed by atoms with van der Waals surface area (Å²) in [6, 6.07) is 4.07. The van der Waals surface area contributed by atoms with E-state index in [0.717, 1.165) is 49.6 Å². The number of piperazine rings is 1. The average molecular weight is 414 g/mol. The smallest absolute Gasteiger partial charge is 0.225 e. The number of carbonyl (C=O) groups is 1. The minimum Gasteiger partial charge on any atom is -0.357 e. The predicted molar refractivity (Wildman–Crippen MR) is 115 cm³/mol. The highest BCUT2D eigenvalue weighted by atomic mass is 35.5. The summed E-state index contributed by atoms with van der Waals surface area (Å²) in [4.78, 5) is 22.7. The Balaban J connectivity index is 1.80. The molecule has 1 fully saturated rings. The van der Waals surface area contributed by atoms with Gasteiger partial charge in [-0.25, -0.2) is 0 Å². The number of hydrogen-bond acceptors (Lipinski definition) is 4. The maximum Gasteiger partial charge on any atom is 0.225 e. The van der Waals surface area contributed by atoms with Crippen molar-refractivity contribution < 1.29 is 4.79 Å². The highest BCUT2D eigenvalue weighted by molar-refractivity contribution is 7.16. The fraction of sp³-hybridized carbons (Fsp3) is 0.684. The molecule has 2 rings (SSSR count). The summed E-state index contributed by atoms with van der Waals surface area (Å²) in [6.07, 6.45) is 0. The second-order valence-electron chi connectivity index (χ2n) is 7.71. The third kappa shape index (κ3) is 7.31. The van der Waals surface area contributed by atoms with Gasteiger partial charge in [-0.15, -0.1) is 11.3 Å². The quantitative estimate of drug-likeness (QED) is 0.427. The van der Waals surface area contributed by atoms with Crippen LogP contribution in [-0.4, -0.2) is 67.5 Å². The second-order valence-corrected chi connectivity index (χ2v) is 9.51. The summed E-state index contributed by atoms with van der Waals surface area (Å²) in [7, 11) is 0. The SMILES string of the molecule is CCNC(=NCCNC(=O)C(C)(C)C)N1CCN(Cc2ccc(Cl)s2)CC1. The third-order valence-corrected chi connectivity index (χ3v) is 5.57. The van der Waals surface area contributed by atoms with Gasteiger partial charge in [0.15, 0.2) is 5.96 Å². The molecule has 2 N–H and O–H groups in total. The monoisotopic (exact) mass is 413 g/mol. The number of amides is 1. The molecule has 27 heavy (non-hydrogen) atoms. The molecule has 0 spiro atoms. The van der Waals surface area contributed by atoms with Crippen LogP contribution >= 0.6 is 22.9 Å². The molecule has 0 aromatic carbocycles. The van der Waals surface area contributed by atoms with E-state index in [2.05, 4.69) is 38.4 Å². The minimum absolute atomic E-state index is 0.0602. The number of rotatable bonds is 6. The first kappa shape index (κ1) is 22.0. The molecule has 0 atom stereocenters. The van der Waals surface area contributed by atoms with Crippen LogP contribution in [0.4, 0.5) is 0 Å². The van der Waals surface area contributed by atoms with E-state index in [1.54, 1.807) is 11.3 Å². The van der Waals surface area contributed by atoms with Crippen molar-refractivity contribution in [3.8, 4) is 0 Å². The van der Waals surface area contributed by atoms with Crippen molar-refractivity contribution in [1.82, 2.24) is 20.4 Å². The second kappa shape index (κ2) is 10.3. The van der Waals surface area contributed by atoms with Gasteiger partial charge in [0.2, 0.25) is 5.91 Å². The van der Waals surface area contributed by atoms with Crippen LogP contribution in [0.15, 0.2) is 17.1 Å². The van der Waals surface area contributed by atoms with Crippen LogP contribution in [0.5, 0.6) is 0 Å². The van der Waals surface area contributed by atoms with Crippen LogP contribution in [0.2, 0.25) is 4.34 Å². The van der Waals surface area contributed by atoms with Gasteiger partial charge in [-0.1, -0.05) is 32.4 Å². The van der Waals surface area contributed by atoms with Crippen molar-refractivity contribution in [1.29, 1.82) is 0 Å². The summed E-state index contributed by atoms with van der Waals surface area (Å²) in [5.41, 5.74) is -0.364. The minimum atomic E-state index is -0.364. The van der Waals surface area contributed by atoms with Crippen molar-refractivity contribution in [2.45, 2.75) is 34.2 Å². The molecule has 8 heteroatoms. The van der Waals surface area contributed by atoms with Gasteiger partial charge in [-0.05, 0) is 19.1 Å². The van der Waals surface area contributed by atoms with Crippen LogP contribution in [0, 0.1) is 5.41 Å². The van der Waals surface area contributed by atoms with E-state index >= 15 is 0 Å². The van der Waals surface area contributed by atoms with E-state index < -0.39 is 0 Å². The van der Waals surface area contributed by atoms with Crippen molar-refractivity contribution in [2.24, 2.45) is 10.4 Å². The Labute approximate surface area is 172 Å². The number of nitrogens with zero attached hydrogens (tertiary/aromatic N) is 3. The topological polar surface area (TPSA) is 60.0 Å². The Bertz CT molecular complexity index is 632. The summed E-state index contributed by atoms with van der Waals surface area (Å²) in [6.45, 7) is 14.6. The standard InChI is InChI=1S/C19H32ClN5OS/c1-5-21-18(23-9-8-22-17(26)19(2,3)4)25-12-10-24(11-13-25)14-15-6-7-16(20)27-15/h6-7H,5,8-14H2,1-4H3,(H,21,23)(H,22,26). The Morgan fingerprint density at radius 2 is 1.93 bits per heavy atom. The summed E-state index contributed by atoms with van der Waals surface area (Å²) in [5, 5.41) is 6.32. The van der Waals surface area contributed by atoms with Crippen LogP contribution in [0.25, 0.3) is 0 Å². The lowest BCUT2D eigenvalue weighted by Crippen LogP contribution is -2.52. The molecule has 1 amide bonds. The molecular weight excluding hydrogens is 382 g/mol. The van der Waals surface area contributed by atoms with Gasteiger partial charge in [0.05, 0.1) is 10.9 Å². The molecule has 1 aromatic rings. The van der Waals surface area contributed by atoms with Gasteiger partial charge in [0, 0.05) is 56.1 Å². The molecule has 0 bridgehead atoms. The van der Waals surface area contributed by atoms with Crippen molar-refractivity contribution in [2.75, 3.05) is 45.8 Å². The molecule has 152 valence electrons. The van der Waals surface area contributed by atoms with Gasteiger partial charge in [0.25, 0.3) is 0 Å². The lowest BCUT2D eigenvalue weighted by Gasteiger charge is -2.36. The average Bonchev–Trinajstić information content (AvgIpc) is 3.02. The van der Waals surface area contributed by atoms with E-state index in [-0.39, 0.29) is 11.3 Å². The molecule has 1 saturated heterocycles. The molecule has 6 nitrogen and oxygen atoms in total. The maximum atomic E-state index is 11.9. The maximum absolute atomic E-state index is 11.9. The zero-order valence-corrected chi connectivity index (χ0v) is 18.4. The predicted octanol–water partition coefficient (Wildman–Crippen LogP) is 2.65. The number of guanidine groups is 1. The molecule has 1 aliphatic heterocycles. The lowest BCUT2D eigenvalue weighted by molar-refractivity contribution is -0.128. The van der Waals surface area contributed by atoms with Crippen LogP contribution in [0.1, 0.15) is 32.6 Å². The molecule has 0 aliphatic carbocycles. The van der Waals surface area contributed by atoms with Crippen LogP contribution in [-0.2, 0) is 11.3 Å². The van der Waals surface area contributed by atoms with E-state index in [1.165, 1.54) is 4.88 Å². The van der Waals surface area contributed by atoms with Crippen molar-refractivity contribution in [3.63, 3.8) is 0 Å². The van der Waals surface area contributed by atoms with E-state index in [0.29, 0.717) is 13.1 Å². The fourth-order valence-corrected chi connectivity index (χ4v) is 3.93. The van der Waals surface area contributed by atoms with E-state index in [1.807, 2.05) is 26.8 Å². The normalized spacial score (nSPS) is 16.5. The number of carbonyl (C=O) groups excluding carboxylic acids is 1. The summed E-state index contributed by atoms with van der Waals surface area (Å²) < 4.78 is 0.851. The third-order valence-electron chi connectivity index (χ3n) is 4.36. The first-order valence-corrected chi connectivity index (χ1v) is 10.8. The van der Waals surface area contributed by atoms with Gasteiger partial charge in [0.1, 0.15) is 0 Å². The zero-order valence-electron chi connectivity index (χ0n) is 16.8. The lowest BCUT2D eigenvalue weighted by atomic mass is 9.96. The molecule has 1 aromatic heterocycles. The van der Waals surface area contributed by atoms with Crippen molar-refractivity contribution >= 4 is 34.8 Å². The number of nitrogens with one attached hydrogen (secondary N) is 2. The number of aliphatic imine (C=N–C) groups is 1. The summed E-state index contributed by atoms with van der Waals surface area (Å²) >= 11 is 7.68. The zero-order chi connectivity index (χ0) is 19.9. The van der Waals surface area contributed by atoms with E-state index in [9.17, 15) is 4.79 Å². The Morgan fingerprint density at radius 3 is 2.48 bits per heavy atom. The van der Waals surface area contributed by atoms with Gasteiger partial charge in [-0.3, -0.25) is 14.7 Å². The fourth-order valence-electron chi connectivity index (χ4n) is 2.80. The Morgan fingerprint density at radius 1 is 1.22 bits per heavy atom. The molecular formula is C19H32ClN5OS. The Kier molecular flexibility index (Phi) is 8.38. The van der Waals surface area contributed by atoms with Crippen LogP contribution < -0.4 is 10.6 Å². The van der Waals surface area contributed by atoms with Crippen molar-refractivity contribution in [3.05, 3.63) is 21.3 Å². The largest absolute Gasteiger partial charge is 0.357 e. The van der Waals surface area contributed by atoms with Gasteiger partial charge >= 0.3 is 0 Å². The highest BCUT2D eigenvalue weighted by Gasteiger charge is 2.21. The first-order valence-electron chi connectivity index (χ1n) is 9.57. The van der Waals surface area contributed by atoms with Crippen LogP contribution in [0.3, 0.4) is 0 Å². The van der Waals surface area contributed by atoms with Gasteiger partial charge < -0.3 is 15.5 Å². The van der Waals surface area contributed by atoms with E-state index in [4.69, 9.17) is 11.6 Å². The number of thiophene rings is 1. The van der Waals surface area contributed by atoms with Gasteiger partial charge in [-0.2, -0.15) is 0 Å². The highest BCUT2D eigenvalue weighted by Crippen LogP contribution is 2.23. The molecule has 2 heterocycles. The Hall–Kier alpha value is -1.31. The number of halogens is 1. The molecule has 0 radical (unpaired) electrons. The number of hydrogen-bond donors (Lipinski definition) is 2. The first-order chi connectivity index (χ1) is 12.8.